The number of carbonyl (C=O) groups is 1. The summed E-state index contributed by atoms with van der Waals surface area (Å²) in [5, 5.41) is 8.61. The van der Waals surface area contributed by atoms with Crippen molar-refractivity contribution in [3.8, 4) is 6.07 Å². The Morgan fingerprint density at radius 1 is 1.50 bits per heavy atom. The zero-order chi connectivity index (χ0) is 13.9. The lowest BCUT2D eigenvalue weighted by Gasteiger charge is -2.15. The van der Waals surface area contributed by atoms with Crippen molar-refractivity contribution in [3.05, 3.63) is 34.9 Å². The Kier molecular flexibility index (Phi) is 4.52. The summed E-state index contributed by atoms with van der Waals surface area (Å²) in [7, 11) is 0. The Labute approximate surface area is 111 Å². The topological polar surface area (TPSA) is 40.9 Å². The molecule has 96 valence electrons. The van der Waals surface area contributed by atoms with E-state index in [2.05, 4.69) is 15.9 Å². The minimum atomic E-state index is -4.57. The molecule has 0 radical (unpaired) electrons. The van der Waals surface area contributed by atoms with Crippen molar-refractivity contribution in [2.24, 2.45) is 0 Å². The number of hydrogen-bond acceptors (Lipinski definition) is 2. The van der Waals surface area contributed by atoms with Crippen molar-refractivity contribution in [3.63, 3.8) is 0 Å². The lowest BCUT2D eigenvalue weighted by atomic mass is 9.94. The van der Waals surface area contributed by atoms with Crippen molar-refractivity contribution in [2.75, 3.05) is 0 Å². The molecule has 1 unspecified atom stereocenters. The van der Waals surface area contributed by atoms with Crippen molar-refractivity contribution >= 4 is 21.7 Å². The van der Waals surface area contributed by atoms with E-state index in [1.165, 1.54) is 19.1 Å². The molecule has 0 saturated heterocycles. The van der Waals surface area contributed by atoms with Gasteiger partial charge in [-0.2, -0.15) is 18.4 Å². The predicted octanol–water partition coefficient (Wildman–Crippen LogP) is 3.74. The molecule has 2 nitrogen and oxygen atoms in total. The van der Waals surface area contributed by atoms with E-state index < -0.39 is 28.8 Å². The summed E-state index contributed by atoms with van der Waals surface area (Å²) in [5.41, 5.74) is -1.25. The second kappa shape index (κ2) is 5.53. The van der Waals surface area contributed by atoms with Gasteiger partial charge in [-0.25, -0.2) is 0 Å². The number of ketones is 1. The normalized spacial score (nSPS) is 12.9. The SMILES string of the molecule is CC(Br)C(=O)c1cccc(C(F)(F)F)c1CC#N. The molecule has 0 bridgehead atoms. The molecule has 1 atom stereocenters. The van der Waals surface area contributed by atoms with Gasteiger partial charge >= 0.3 is 6.18 Å². The van der Waals surface area contributed by atoms with Crippen LogP contribution in [-0.2, 0) is 12.6 Å². The Bertz CT molecular complexity index is 503. The number of nitrogens with zero attached hydrogens (tertiary/aromatic N) is 1. The van der Waals surface area contributed by atoms with E-state index in [0.717, 1.165) is 6.07 Å². The van der Waals surface area contributed by atoms with Crippen molar-refractivity contribution in [1.29, 1.82) is 5.26 Å². The number of rotatable bonds is 3. The van der Waals surface area contributed by atoms with Gasteiger partial charge in [-0.05, 0) is 18.6 Å². The highest BCUT2D eigenvalue weighted by Gasteiger charge is 2.35. The Hall–Kier alpha value is -1.35. The first kappa shape index (κ1) is 14.7. The first-order valence-electron chi connectivity index (χ1n) is 5.03. The zero-order valence-corrected chi connectivity index (χ0v) is 11.0. The summed E-state index contributed by atoms with van der Waals surface area (Å²) in [6.45, 7) is 1.53. The van der Waals surface area contributed by atoms with E-state index in [1.807, 2.05) is 0 Å². The maximum atomic E-state index is 12.8. The fraction of sp³-hybridized carbons (Fsp3) is 0.333. The molecular weight excluding hydrogens is 311 g/mol. The fourth-order valence-electron chi connectivity index (χ4n) is 1.57. The zero-order valence-electron chi connectivity index (χ0n) is 9.38. The highest BCUT2D eigenvalue weighted by Crippen LogP contribution is 2.34. The monoisotopic (exact) mass is 319 g/mol. The average Bonchev–Trinajstić information content (AvgIpc) is 2.27. The van der Waals surface area contributed by atoms with Crippen LogP contribution in [0.4, 0.5) is 13.2 Å². The van der Waals surface area contributed by atoms with E-state index in [4.69, 9.17) is 5.26 Å². The van der Waals surface area contributed by atoms with E-state index in [1.54, 1.807) is 6.07 Å². The van der Waals surface area contributed by atoms with Gasteiger partial charge in [-0.1, -0.05) is 28.1 Å². The number of halogens is 4. The Balaban J connectivity index is 3.45. The second-order valence-corrected chi connectivity index (χ2v) is 5.02. The minimum Gasteiger partial charge on any atom is -0.293 e. The molecular formula is C12H9BrF3NO. The number of hydrogen-bond donors (Lipinski definition) is 0. The number of alkyl halides is 4. The van der Waals surface area contributed by atoms with Gasteiger partial charge in [0.15, 0.2) is 5.78 Å². The number of Topliss-reactive ketones (excluding diaryl/α,β-unsaturated/α-hetero) is 1. The van der Waals surface area contributed by atoms with E-state index in [0.29, 0.717) is 0 Å². The first-order valence-corrected chi connectivity index (χ1v) is 5.95. The number of carbonyl (C=O) groups excluding carboxylic acids is 1. The van der Waals surface area contributed by atoms with E-state index >= 15 is 0 Å². The predicted molar refractivity (Wildman–Crippen MR) is 63.5 cm³/mol. The molecule has 0 N–H and O–H groups in total. The standard InChI is InChI=1S/C12H9BrF3NO/c1-7(13)11(18)9-3-2-4-10(12(14,15)16)8(9)5-6-17/h2-4,7H,5H2,1H3. The fourth-order valence-corrected chi connectivity index (χ4v) is 1.81. The van der Waals surface area contributed by atoms with Crippen molar-refractivity contribution in [1.82, 2.24) is 0 Å². The summed E-state index contributed by atoms with van der Waals surface area (Å²) < 4.78 is 38.4. The summed E-state index contributed by atoms with van der Waals surface area (Å²) in [5.74, 6) is -0.466. The maximum Gasteiger partial charge on any atom is 0.416 e. The van der Waals surface area contributed by atoms with Crippen LogP contribution in [0.5, 0.6) is 0 Å². The van der Waals surface area contributed by atoms with Crippen LogP contribution in [0.3, 0.4) is 0 Å². The molecule has 0 spiro atoms. The largest absolute Gasteiger partial charge is 0.416 e. The summed E-state index contributed by atoms with van der Waals surface area (Å²) in [6, 6.07) is 5.02. The second-order valence-electron chi connectivity index (χ2n) is 3.64. The van der Waals surface area contributed by atoms with Crippen LogP contribution >= 0.6 is 15.9 Å². The van der Waals surface area contributed by atoms with E-state index in [-0.39, 0.29) is 11.1 Å². The molecule has 0 aliphatic carbocycles. The lowest BCUT2D eigenvalue weighted by molar-refractivity contribution is -0.138. The summed E-state index contributed by atoms with van der Waals surface area (Å²) in [6.07, 6.45) is -5.02. The lowest BCUT2D eigenvalue weighted by Crippen LogP contribution is -2.17. The number of benzene rings is 1. The smallest absolute Gasteiger partial charge is 0.293 e. The minimum absolute atomic E-state index is 0.0595. The van der Waals surface area contributed by atoms with Crippen LogP contribution < -0.4 is 0 Å². The van der Waals surface area contributed by atoms with Crippen LogP contribution in [0, 0.1) is 11.3 Å². The van der Waals surface area contributed by atoms with Gasteiger partial charge in [0.1, 0.15) is 0 Å². The molecule has 0 saturated carbocycles. The summed E-state index contributed by atoms with van der Waals surface area (Å²) >= 11 is 3.02. The molecule has 1 rings (SSSR count). The van der Waals surface area contributed by atoms with Gasteiger partial charge in [0, 0.05) is 5.56 Å². The molecule has 0 aliphatic heterocycles. The van der Waals surface area contributed by atoms with Gasteiger partial charge in [-0.3, -0.25) is 4.79 Å². The molecule has 0 heterocycles. The molecule has 18 heavy (non-hydrogen) atoms. The average molecular weight is 320 g/mol. The van der Waals surface area contributed by atoms with Crippen molar-refractivity contribution in [2.45, 2.75) is 24.3 Å². The van der Waals surface area contributed by atoms with Crippen LogP contribution in [0.15, 0.2) is 18.2 Å². The molecule has 6 heteroatoms. The third-order valence-electron chi connectivity index (χ3n) is 2.36. The van der Waals surface area contributed by atoms with Crippen LogP contribution in [0.1, 0.15) is 28.4 Å². The van der Waals surface area contributed by atoms with E-state index in [9.17, 15) is 18.0 Å². The van der Waals surface area contributed by atoms with Crippen molar-refractivity contribution < 1.29 is 18.0 Å². The number of nitriles is 1. The molecule has 1 aromatic carbocycles. The highest BCUT2D eigenvalue weighted by molar-refractivity contribution is 9.10. The molecule has 0 amide bonds. The highest BCUT2D eigenvalue weighted by atomic mass is 79.9. The third-order valence-corrected chi connectivity index (χ3v) is 2.78. The first-order chi connectivity index (χ1) is 8.29. The maximum absolute atomic E-state index is 12.8. The third kappa shape index (κ3) is 3.10. The molecule has 0 aliphatic rings. The van der Waals surface area contributed by atoms with Gasteiger partial charge < -0.3 is 0 Å². The van der Waals surface area contributed by atoms with Gasteiger partial charge in [0.2, 0.25) is 0 Å². The Morgan fingerprint density at radius 2 is 2.11 bits per heavy atom. The molecule has 1 aromatic rings. The molecule has 0 aromatic heterocycles. The van der Waals surface area contributed by atoms with Crippen LogP contribution in [-0.4, -0.2) is 10.6 Å². The van der Waals surface area contributed by atoms with Gasteiger partial charge in [-0.15, -0.1) is 0 Å². The summed E-state index contributed by atoms with van der Waals surface area (Å²) in [4.78, 5) is 11.2. The quantitative estimate of drug-likeness (QED) is 0.629. The van der Waals surface area contributed by atoms with Gasteiger partial charge in [0.05, 0.1) is 22.9 Å². The van der Waals surface area contributed by atoms with Crippen LogP contribution in [0.25, 0.3) is 0 Å². The molecule has 0 fully saturated rings. The van der Waals surface area contributed by atoms with Crippen LogP contribution in [0.2, 0.25) is 0 Å². The van der Waals surface area contributed by atoms with Gasteiger partial charge in [0.25, 0.3) is 0 Å². The Morgan fingerprint density at radius 3 is 2.56 bits per heavy atom.